The van der Waals surface area contributed by atoms with Crippen LogP contribution in [0.2, 0.25) is 5.02 Å². The number of benzene rings is 4. The molecule has 0 unspecified atom stereocenters. The maximum absolute atomic E-state index is 13.6. The van der Waals surface area contributed by atoms with Gasteiger partial charge in [-0.15, -0.1) is 0 Å². The predicted octanol–water partition coefficient (Wildman–Crippen LogP) is 5.97. The van der Waals surface area contributed by atoms with Crippen molar-refractivity contribution in [1.82, 2.24) is 5.32 Å². The monoisotopic (exact) mass is 561 g/mol. The van der Waals surface area contributed by atoms with Crippen molar-refractivity contribution < 1.29 is 18.0 Å². The first-order valence-corrected chi connectivity index (χ1v) is 14.1. The van der Waals surface area contributed by atoms with Crippen molar-refractivity contribution >= 4 is 44.8 Å². The summed E-state index contributed by atoms with van der Waals surface area (Å²) < 4.78 is 28.3. The van der Waals surface area contributed by atoms with E-state index in [4.69, 9.17) is 11.6 Å². The van der Waals surface area contributed by atoms with Crippen LogP contribution in [0.3, 0.4) is 0 Å². The van der Waals surface area contributed by atoms with Gasteiger partial charge in [0.2, 0.25) is 5.91 Å². The van der Waals surface area contributed by atoms with Crippen molar-refractivity contribution in [1.29, 1.82) is 0 Å². The van der Waals surface area contributed by atoms with E-state index in [1.54, 1.807) is 42.5 Å². The average molecular weight is 562 g/mol. The van der Waals surface area contributed by atoms with Gasteiger partial charge in [0.25, 0.3) is 15.9 Å². The Bertz CT molecular complexity index is 1580. The summed E-state index contributed by atoms with van der Waals surface area (Å²) in [5.41, 5.74) is 2.64. The molecule has 0 saturated heterocycles. The van der Waals surface area contributed by atoms with E-state index in [0.717, 1.165) is 15.4 Å². The normalized spacial score (nSPS) is 11.9. The number of carbonyl (C=O) groups is 2. The molecule has 0 aliphatic rings. The lowest BCUT2D eigenvalue weighted by Gasteiger charge is -2.25. The number of amides is 2. The van der Waals surface area contributed by atoms with Crippen molar-refractivity contribution in [2.24, 2.45) is 0 Å². The Morgan fingerprint density at radius 1 is 0.872 bits per heavy atom. The van der Waals surface area contributed by atoms with Crippen molar-refractivity contribution in [2.45, 2.75) is 24.8 Å². The van der Waals surface area contributed by atoms with Gasteiger partial charge in [0, 0.05) is 5.02 Å². The number of anilines is 2. The van der Waals surface area contributed by atoms with E-state index in [1.165, 1.54) is 24.3 Å². The molecule has 0 spiro atoms. The van der Waals surface area contributed by atoms with Crippen LogP contribution in [-0.4, -0.2) is 26.8 Å². The number of nitrogens with zero attached hydrogens (tertiary/aromatic N) is 1. The van der Waals surface area contributed by atoms with Gasteiger partial charge in [-0.2, -0.15) is 0 Å². The zero-order valence-electron chi connectivity index (χ0n) is 21.5. The fraction of sp³-hybridized carbons (Fsp3) is 0.133. The third-order valence-corrected chi connectivity index (χ3v) is 8.11. The van der Waals surface area contributed by atoms with Crippen LogP contribution < -0.4 is 14.9 Å². The molecule has 9 heteroatoms. The highest BCUT2D eigenvalue weighted by Crippen LogP contribution is 2.26. The summed E-state index contributed by atoms with van der Waals surface area (Å²) in [4.78, 5) is 26.4. The standard InChI is InChI=1S/C30H28ClN3O4S/c1-21-9-8-12-25(19-21)34(39(37,38)26-17-15-24(31)16-18-26)20-29(35)33-28-14-7-6-13-27(28)30(36)32-22(2)23-10-4-3-5-11-23/h3-19,22H,20H2,1-2H3,(H,32,36)(H,33,35)/t22-/m1/s1. The zero-order chi connectivity index (χ0) is 28.0. The number of nitrogens with one attached hydrogen (secondary N) is 2. The second-order valence-electron chi connectivity index (χ2n) is 9.00. The van der Waals surface area contributed by atoms with E-state index in [-0.39, 0.29) is 28.1 Å². The summed E-state index contributed by atoms with van der Waals surface area (Å²) in [6.45, 7) is 3.20. The summed E-state index contributed by atoms with van der Waals surface area (Å²) in [5, 5.41) is 6.06. The molecular weight excluding hydrogens is 534 g/mol. The van der Waals surface area contributed by atoms with E-state index in [0.29, 0.717) is 10.7 Å². The number of rotatable bonds is 9. The van der Waals surface area contributed by atoms with Gasteiger partial charge in [-0.05, 0) is 73.5 Å². The number of hydrogen-bond acceptors (Lipinski definition) is 4. The van der Waals surface area contributed by atoms with Gasteiger partial charge in [-0.3, -0.25) is 13.9 Å². The molecule has 39 heavy (non-hydrogen) atoms. The minimum atomic E-state index is -4.11. The Labute approximate surface area is 233 Å². The number of carbonyl (C=O) groups excluding carboxylic acids is 2. The molecule has 4 rings (SSSR count). The smallest absolute Gasteiger partial charge is 0.264 e. The van der Waals surface area contributed by atoms with Crippen molar-refractivity contribution in [3.63, 3.8) is 0 Å². The maximum Gasteiger partial charge on any atom is 0.264 e. The lowest BCUT2D eigenvalue weighted by atomic mass is 10.1. The van der Waals surface area contributed by atoms with Gasteiger partial charge in [-0.1, -0.05) is 66.2 Å². The highest BCUT2D eigenvalue weighted by molar-refractivity contribution is 7.92. The zero-order valence-corrected chi connectivity index (χ0v) is 23.0. The van der Waals surface area contributed by atoms with Crippen molar-refractivity contribution in [2.75, 3.05) is 16.2 Å². The molecule has 0 aromatic heterocycles. The van der Waals surface area contributed by atoms with Crippen LogP contribution in [-0.2, 0) is 14.8 Å². The molecule has 0 heterocycles. The number of sulfonamides is 1. The molecule has 200 valence electrons. The number of para-hydroxylation sites is 1. The Balaban J connectivity index is 1.58. The predicted molar refractivity (Wildman–Crippen MR) is 155 cm³/mol. The van der Waals surface area contributed by atoms with Gasteiger partial charge in [0.1, 0.15) is 6.54 Å². The summed E-state index contributed by atoms with van der Waals surface area (Å²) in [6.07, 6.45) is 0. The summed E-state index contributed by atoms with van der Waals surface area (Å²) in [6, 6.07) is 28.5. The Hall–Kier alpha value is -4.14. The fourth-order valence-corrected chi connectivity index (χ4v) is 5.58. The van der Waals surface area contributed by atoms with Gasteiger partial charge >= 0.3 is 0 Å². The summed E-state index contributed by atoms with van der Waals surface area (Å²) in [5.74, 6) is -0.975. The van der Waals surface area contributed by atoms with Crippen LogP contribution in [0.5, 0.6) is 0 Å². The van der Waals surface area contributed by atoms with E-state index >= 15 is 0 Å². The molecule has 0 radical (unpaired) electrons. The number of halogens is 1. The first kappa shape index (κ1) is 27.9. The molecule has 0 aliphatic heterocycles. The molecular formula is C30H28ClN3O4S. The van der Waals surface area contributed by atoms with Crippen molar-refractivity contribution in [3.05, 3.63) is 125 Å². The molecule has 1 atom stereocenters. The van der Waals surface area contributed by atoms with Gasteiger partial charge in [-0.25, -0.2) is 8.42 Å². The van der Waals surface area contributed by atoms with Gasteiger partial charge in [0.05, 0.1) is 27.9 Å². The highest BCUT2D eigenvalue weighted by atomic mass is 35.5. The SMILES string of the molecule is Cc1cccc(N(CC(=O)Nc2ccccc2C(=O)N[C@H](C)c2ccccc2)S(=O)(=O)c2ccc(Cl)cc2)c1. The van der Waals surface area contributed by atoms with Crippen LogP contribution >= 0.6 is 11.6 Å². The van der Waals surface area contributed by atoms with E-state index in [1.807, 2.05) is 50.2 Å². The van der Waals surface area contributed by atoms with E-state index in [9.17, 15) is 18.0 Å². The molecule has 0 bridgehead atoms. The van der Waals surface area contributed by atoms with Crippen LogP contribution in [0.1, 0.15) is 34.5 Å². The quantitative estimate of drug-likeness (QED) is 0.263. The number of hydrogen-bond donors (Lipinski definition) is 2. The molecule has 2 amide bonds. The molecule has 0 saturated carbocycles. The topological polar surface area (TPSA) is 95.6 Å². The molecule has 0 fully saturated rings. The van der Waals surface area contributed by atoms with Crippen LogP contribution in [0.15, 0.2) is 108 Å². The molecule has 2 N–H and O–H groups in total. The molecule has 4 aromatic rings. The highest BCUT2D eigenvalue weighted by Gasteiger charge is 2.28. The first-order chi connectivity index (χ1) is 18.6. The van der Waals surface area contributed by atoms with E-state index < -0.39 is 22.5 Å². The van der Waals surface area contributed by atoms with Crippen LogP contribution in [0.25, 0.3) is 0 Å². The van der Waals surface area contributed by atoms with E-state index in [2.05, 4.69) is 10.6 Å². The lowest BCUT2D eigenvalue weighted by Crippen LogP contribution is -2.38. The third-order valence-electron chi connectivity index (χ3n) is 6.07. The maximum atomic E-state index is 13.6. The third kappa shape index (κ3) is 6.85. The lowest BCUT2D eigenvalue weighted by molar-refractivity contribution is -0.114. The molecule has 7 nitrogen and oxygen atoms in total. The van der Waals surface area contributed by atoms with Gasteiger partial charge < -0.3 is 10.6 Å². The van der Waals surface area contributed by atoms with Crippen molar-refractivity contribution in [3.8, 4) is 0 Å². The summed E-state index contributed by atoms with van der Waals surface area (Å²) in [7, 11) is -4.11. The minimum Gasteiger partial charge on any atom is -0.345 e. The van der Waals surface area contributed by atoms with Gasteiger partial charge in [0.15, 0.2) is 0 Å². The number of aryl methyl sites for hydroxylation is 1. The first-order valence-electron chi connectivity index (χ1n) is 12.2. The molecule has 0 aliphatic carbocycles. The van der Waals surface area contributed by atoms with Crippen LogP contribution in [0, 0.1) is 6.92 Å². The Morgan fingerprint density at radius 2 is 1.54 bits per heavy atom. The second-order valence-corrected chi connectivity index (χ2v) is 11.3. The molecule has 4 aromatic carbocycles. The largest absolute Gasteiger partial charge is 0.345 e. The average Bonchev–Trinajstić information content (AvgIpc) is 2.92. The minimum absolute atomic E-state index is 0.00381. The second kappa shape index (κ2) is 12.1. The Kier molecular flexibility index (Phi) is 8.69. The van der Waals surface area contributed by atoms with Crippen LogP contribution in [0.4, 0.5) is 11.4 Å². The summed E-state index contributed by atoms with van der Waals surface area (Å²) >= 11 is 5.96. The fourth-order valence-electron chi connectivity index (χ4n) is 4.04. The Morgan fingerprint density at radius 3 is 2.23 bits per heavy atom.